The van der Waals surface area contributed by atoms with Crippen LogP contribution in [0.1, 0.15) is 5.56 Å². The molecule has 1 saturated heterocycles. The lowest BCUT2D eigenvalue weighted by Gasteiger charge is -2.32. The lowest BCUT2D eigenvalue weighted by molar-refractivity contribution is -0.837. The van der Waals surface area contributed by atoms with E-state index in [9.17, 15) is 20.0 Å². The second kappa shape index (κ2) is 8.06. The molecule has 2 heterocycles. The van der Waals surface area contributed by atoms with E-state index >= 15 is 0 Å². The van der Waals surface area contributed by atoms with Gasteiger partial charge >= 0.3 is 0 Å². The van der Waals surface area contributed by atoms with Gasteiger partial charge in [0.25, 0.3) is 11.6 Å². The van der Waals surface area contributed by atoms with Crippen LogP contribution < -0.4 is 10.0 Å². The Balaban J connectivity index is 1.39. The zero-order valence-corrected chi connectivity index (χ0v) is 16.2. The van der Waals surface area contributed by atoms with E-state index in [1.165, 1.54) is 34.9 Å². The SMILES string of the molecule is O=C1N=C(N2CC[NH+](c3ccc([N+](=O)[O-])cc3)CC2)SC1=Cc1ccccc1[O-]. The molecule has 2 aromatic carbocycles. The van der Waals surface area contributed by atoms with Crippen LogP contribution in [0.15, 0.2) is 58.4 Å². The fourth-order valence-corrected chi connectivity index (χ4v) is 4.31. The maximum absolute atomic E-state index is 12.3. The number of piperazine rings is 1. The molecule has 2 aliphatic heterocycles. The number of amides is 1. The highest BCUT2D eigenvalue weighted by Gasteiger charge is 2.30. The molecule has 4 rings (SSSR count). The average Bonchev–Trinajstić information content (AvgIpc) is 3.10. The molecule has 0 atom stereocenters. The summed E-state index contributed by atoms with van der Waals surface area (Å²) in [5, 5.41) is 23.3. The number of nitrogens with one attached hydrogen (secondary N) is 1. The van der Waals surface area contributed by atoms with Gasteiger partial charge in [0.1, 0.15) is 5.69 Å². The molecule has 0 aromatic heterocycles. The molecule has 2 aromatic rings. The number of aliphatic imine (C=N–C) groups is 1. The second-order valence-corrected chi connectivity index (χ2v) is 7.75. The highest BCUT2D eigenvalue weighted by atomic mass is 32.2. The minimum Gasteiger partial charge on any atom is -0.872 e. The molecular formula is C20H18N4O4S. The zero-order chi connectivity index (χ0) is 20.4. The summed E-state index contributed by atoms with van der Waals surface area (Å²) in [5.74, 6) is -0.444. The van der Waals surface area contributed by atoms with Gasteiger partial charge < -0.3 is 10.0 Å². The standard InChI is InChI=1S/C20H18N4O4S/c25-17-4-2-1-3-14(17)13-18-19(26)21-20(29-18)23-11-9-22(10-12-23)15-5-7-16(8-6-15)24(27)28/h1-8,13,25H,9-12H2. The van der Waals surface area contributed by atoms with Gasteiger partial charge in [0, 0.05) is 24.3 Å². The lowest BCUT2D eigenvalue weighted by Crippen LogP contribution is -3.10. The van der Waals surface area contributed by atoms with Gasteiger partial charge in [-0.15, -0.1) is 5.75 Å². The summed E-state index contributed by atoms with van der Waals surface area (Å²) in [6.07, 6.45) is 1.60. The van der Waals surface area contributed by atoms with E-state index in [1.54, 1.807) is 36.4 Å². The quantitative estimate of drug-likeness (QED) is 0.463. The summed E-state index contributed by atoms with van der Waals surface area (Å²) < 4.78 is 0. The van der Waals surface area contributed by atoms with Gasteiger partial charge in [-0.05, 0) is 23.4 Å². The van der Waals surface area contributed by atoms with Crippen LogP contribution in [0, 0.1) is 10.1 Å². The molecule has 0 unspecified atom stereocenters. The number of hydrogen-bond acceptors (Lipinski definition) is 6. The Morgan fingerprint density at radius 2 is 1.79 bits per heavy atom. The largest absolute Gasteiger partial charge is 0.872 e. The summed E-state index contributed by atoms with van der Waals surface area (Å²) in [7, 11) is 0. The number of carbonyl (C=O) groups excluding carboxylic acids is 1. The molecule has 1 N–H and O–H groups in total. The molecule has 0 aliphatic carbocycles. The number of carbonyl (C=O) groups is 1. The summed E-state index contributed by atoms with van der Waals surface area (Å²) in [4.78, 5) is 30.6. The third kappa shape index (κ3) is 4.15. The van der Waals surface area contributed by atoms with Gasteiger partial charge in [0.05, 0.1) is 36.0 Å². The Kier molecular flexibility index (Phi) is 5.32. The van der Waals surface area contributed by atoms with Gasteiger partial charge in [0.15, 0.2) is 5.17 Å². The number of para-hydroxylation sites is 1. The van der Waals surface area contributed by atoms with E-state index < -0.39 is 4.92 Å². The van der Waals surface area contributed by atoms with E-state index in [2.05, 4.69) is 9.89 Å². The molecule has 2 aliphatic rings. The number of non-ortho nitro benzene ring substituents is 1. The highest BCUT2D eigenvalue weighted by molar-refractivity contribution is 8.18. The predicted molar refractivity (Wildman–Crippen MR) is 109 cm³/mol. The van der Waals surface area contributed by atoms with Gasteiger partial charge in [0.2, 0.25) is 0 Å². The van der Waals surface area contributed by atoms with E-state index in [0.717, 1.165) is 31.9 Å². The Hall–Kier alpha value is -3.17. The molecule has 148 valence electrons. The van der Waals surface area contributed by atoms with Crippen LogP contribution in [0.3, 0.4) is 0 Å². The maximum Gasteiger partial charge on any atom is 0.286 e. The van der Waals surface area contributed by atoms with Crippen molar-refractivity contribution in [1.82, 2.24) is 4.90 Å². The molecule has 9 heteroatoms. The molecule has 0 bridgehead atoms. The fraction of sp³-hybridized carbons (Fsp3) is 0.200. The van der Waals surface area contributed by atoms with Gasteiger partial charge in [-0.2, -0.15) is 4.99 Å². The minimum atomic E-state index is -0.403. The summed E-state index contributed by atoms with van der Waals surface area (Å²) in [5.41, 5.74) is 1.58. The Labute approximate surface area is 171 Å². The Bertz CT molecular complexity index is 1010. The smallest absolute Gasteiger partial charge is 0.286 e. The van der Waals surface area contributed by atoms with Crippen LogP contribution in [-0.4, -0.2) is 47.1 Å². The Morgan fingerprint density at radius 1 is 1.10 bits per heavy atom. The van der Waals surface area contributed by atoms with Crippen molar-refractivity contribution in [3.63, 3.8) is 0 Å². The number of quaternary nitrogens is 1. The van der Waals surface area contributed by atoms with E-state index in [0.29, 0.717) is 15.6 Å². The molecule has 0 saturated carbocycles. The van der Waals surface area contributed by atoms with Crippen molar-refractivity contribution >= 4 is 40.3 Å². The van der Waals surface area contributed by atoms with Crippen LogP contribution in [-0.2, 0) is 4.79 Å². The molecule has 1 amide bonds. The molecule has 1 fully saturated rings. The van der Waals surface area contributed by atoms with Crippen molar-refractivity contribution in [2.45, 2.75) is 0 Å². The second-order valence-electron chi connectivity index (χ2n) is 6.74. The number of nitro benzene ring substituents is 1. The van der Waals surface area contributed by atoms with Crippen LogP contribution >= 0.6 is 11.8 Å². The third-order valence-electron chi connectivity index (χ3n) is 4.94. The topological polar surface area (TPSA) is 103 Å². The molecule has 8 nitrogen and oxygen atoms in total. The van der Waals surface area contributed by atoms with Gasteiger partial charge in [-0.25, -0.2) is 0 Å². The number of nitro groups is 1. The summed E-state index contributed by atoms with van der Waals surface area (Å²) in [6.45, 7) is 3.04. The summed E-state index contributed by atoms with van der Waals surface area (Å²) in [6, 6.07) is 13.2. The van der Waals surface area contributed by atoms with Crippen molar-refractivity contribution in [2.75, 3.05) is 26.2 Å². The fourth-order valence-electron chi connectivity index (χ4n) is 3.35. The number of hydrogen-bond donors (Lipinski definition) is 1. The minimum absolute atomic E-state index is 0.0842. The maximum atomic E-state index is 12.3. The third-order valence-corrected chi connectivity index (χ3v) is 5.98. The first-order valence-corrected chi connectivity index (χ1v) is 9.96. The van der Waals surface area contributed by atoms with Gasteiger partial charge in [-0.3, -0.25) is 19.8 Å². The van der Waals surface area contributed by atoms with Crippen molar-refractivity contribution in [1.29, 1.82) is 0 Å². The first-order valence-electron chi connectivity index (χ1n) is 9.14. The van der Waals surface area contributed by atoms with Crippen molar-refractivity contribution in [3.8, 4) is 5.75 Å². The monoisotopic (exact) mass is 410 g/mol. The number of amidine groups is 1. The highest BCUT2D eigenvalue weighted by Crippen LogP contribution is 2.31. The number of thioether (sulfide) groups is 1. The van der Waals surface area contributed by atoms with Gasteiger partial charge in [-0.1, -0.05) is 24.3 Å². The van der Waals surface area contributed by atoms with Crippen LogP contribution in [0.2, 0.25) is 0 Å². The first-order chi connectivity index (χ1) is 14.0. The first kappa shape index (κ1) is 19.2. The van der Waals surface area contributed by atoms with E-state index in [4.69, 9.17) is 0 Å². The van der Waals surface area contributed by atoms with Crippen molar-refractivity contribution in [3.05, 3.63) is 69.1 Å². The molecule has 0 spiro atoms. The lowest BCUT2D eigenvalue weighted by atomic mass is 10.2. The average molecular weight is 410 g/mol. The zero-order valence-electron chi connectivity index (χ0n) is 15.4. The molecule has 29 heavy (non-hydrogen) atoms. The summed E-state index contributed by atoms with van der Waals surface area (Å²) >= 11 is 1.30. The number of rotatable bonds is 3. The van der Waals surface area contributed by atoms with Crippen LogP contribution in [0.25, 0.3) is 6.08 Å². The number of benzene rings is 2. The van der Waals surface area contributed by atoms with Crippen LogP contribution in [0.4, 0.5) is 11.4 Å². The normalized spacial score (nSPS) is 18.9. The van der Waals surface area contributed by atoms with E-state index in [-0.39, 0.29) is 17.3 Å². The van der Waals surface area contributed by atoms with Crippen molar-refractivity contribution in [2.24, 2.45) is 4.99 Å². The molecular weight excluding hydrogens is 392 g/mol. The molecule has 0 radical (unpaired) electrons. The predicted octanol–water partition coefficient (Wildman–Crippen LogP) is 1.17. The van der Waals surface area contributed by atoms with Crippen LogP contribution in [0.5, 0.6) is 5.75 Å². The Morgan fingerprint density at radius 3 is 2.45 bits per heavy atom. The number of nitrogens with zero attached hydrogens (tertiary/aromatic N) is 3. The van der Waals surface area contributed by atoms with Crippen molar-refractivity contribution < 1.29 is 19.7 Å². The van der Waals surface area contributed by atoms with E-state index in [1.807, 2.05) is 0 Å².